The normalized spacial score (nSPS) is 20.1. The summed E-state index contributed by atoms with van der Waals surface area (Å²) in [5.74, 6) is 0.507. The zero-order chi connectivity index (χ0) is 13.3. The Morgan fingerprint density at radius 3 is 2.39 bits per heavy atom. The van der Waals surface area contributed by atoms with E-state index in [1.54, 1.807) is 9.80 Å². The van der Waals surface area contributed by atoms with E-state index in [0.29, 0.717) is 19.0 Å². The van der Waals surface area contributed by atoms with Crippen molar-refractivity contribution >= 4 is 11.7 Å². The number of anilines is 1. The Morgan fingerprint density at radius 1 is 1.33 bits per heavy atom. The van der Waals surface area contributed by atoms with Gasteiger partial charge in [-0.25, -0.2) is 4.79 Å². The van der Waals surface area contributed by atoms with Gasteiger partial charge in [0.25, 0.3) is 0 Å². The van der Waals surface area contributed by atoms with Gasteiger partial charge in [0, 0.05) is 25.8 Å². The van der Waals surface area contributed by atoms with E-state index in [0.717, 1.165) is 5.69 Å². The molecule has 4 heteroatoms. The summed E-state index contributed by atoms with van der Waals surface area (Å²) < 4.78 is 0. The molecule has 1 saturated heterocycles. The van der Waals surface area contributed by atoms with Gasteiger partial charge in [0.15, 0.2) is 0 Å². The molecule has 1 aromatic carbocycles. The molecule has 0 radical (unpaired) electrons. The van der Waals surface area contributed by atoms with Crippen LogP contribution >= 0.6 is 0 Å². The van der Waals surface area contributed by atoms with Gasteiger partial charge in [-0.2, -0.15) is 0 Å². The van der Waals surface area contributed by atoms with Crippen LogP contribution in [0.3, 0.4) is 0 Å². The Morgan fingerprint density at radius 2 is 1.94 bits per heavy atom. The van der Waals surface area contributed by atoms with Crippen LogP contribution in [0.1, 0.15) is 25.3 Å². The van der Waals surface area contributed by atoms with E-state index in [1.165, 1.54) is 5.56 Å². The lowest BCUT2D eigenvalue weighted by Crippen LogP contribution is -2.35. The molecule has 2 amide bonds. The van der Waals surface area contributed by atoms with Gasteiger partial charge >= 0.3 is 6.03 Å². The van der Waals surface area contributed by atoms with Gasteiger partial charge in [0.05, 0.1) is 6.04 Å². The van der Waals surface area contributed by atoms with Crippen molar-refractivity contribution in [3.8, 4) is 0 Å². The molecule has 4 nitrogen and oxygen atoms in total. The maximum atomic E-state index is 12.1. The minimum Gasteiger partial charge on any atom is -0.328 e. The molecular formula is C14H21N3O. The van der Waals surface area contributed by atoms with Gasteiger partial charge in [-0.15, -0.1) is 0 Å². The molecule has 1 heterocycles. The number of amides is 2. The maximum Gasteiger partial charge on any atom is 0.324 e. The summed E-state index contributed by atoms with van der Waals surface area (Å²) in [5, 5.41) is 0. The summed E-state index contributed by atoms with van der Waals surface area (Å²) in [6, 6.07) is 8.34. The predicted molar refractivity (Wildman–Crippen MR) is 73.9 cm³/mol. The first-order valence-electron chi connectivity index (χ1n) is 6.39. The summed E-state index contributed by atoms with van der Waals surface area (Å²) in [6.07, 6.45) is 0. The monoisotopic (exact) mass is 247 g/mol. The highest BCUT2D eigenvalue weighted by molar-refractivity contribution is 5.94. The summed E-state index contributed by atoms with van der Waals surface area (Å²) >= 11 is 0. The van der Waals surface area contributed by atoms with E-state index in [9.17, 15) is 4.79 Å². The minimum absolute atomic E-state index is 0.0303. The van der Waals surface area contributed by atoms with Gasteiger partial charge in [0.1, 0.15) is 0 Å². The van der Waals surface area contributed by atoms with Crippen LogP contribution in [0.25, 0.3) is 0 Å². The smallest absolute Gasteiger partial charge is 0.324 e. The van der Waals surface area contributed by atoms with Crippen molar-refractivity contribution in [3.05, 3.63) is 29.8 Å². The Labute approximate surface area is 108 Å². The fourth-order valence-corrected chi connectivity index (χ4v) is 2.25. The van der Waals surface area contributed by atoms with Crippen molar-refractivity contribution in [2.24, 2.45) is 5.73 Å². The van der Waals surface area contributed by atoms with Gasteiger partial charge < -0.3 is 10.6 Å². The quantitative estimate of drug-likeness (QED) is 0.888. The lowest BCUT2D eigenvalue weighted by atomic mass is 10.0. The van der Waals surface area contributed by atoms with Gasteiger partial charge in [-0.3, -0.25) is 4.90 Å². The largest absolute Gasteiger partial charge is 0.328 e. The van der Waals surface area contributed by atoms with E-state index in [1.807, 2.05) is 19.2 Å². The summed E-state index contributed by atoms with van der Waals surface area (Å²) in [6.45, 7) is 5.50. The minimum atomic E-state index is 0.0303. The summed E-state index contributed by atoms with van der Waals surface area (Å²) in [4.78, 5) is 15.6. The Bertz CT molecular complexity index is 427. The number of likely N-dealkylation sites (N-methyl/N-ethyl adjacent to an activating group) is 1. The van der Waals surface area contributed by atoms with Crippen molar-refractivity contribution in [1.82, 2.24) is 4.90 Å². The molecule has 18 heavy (non-hydrogen) atoms. The Kier molecular flexibility index (Phi) is 3.57. The van der Waals surface area contributed by atoms with Crippen molar-refractivity contribution in [3.63, 3.8) is 0 Å². The molecule has 2 rings (SSSR count). The Hall–Kier alpha value is -1.55. The summed E-state index contributed by atoms with van der Waals surface area (Å²) in [5.41, 5.74) is 7.91. The molecule has 98 valence electrons. The first-order chi connectivity index (χ1) is 8.54. The molecule has 0 spiro atoms. The van der Waals surface area contributed by atoms with E-state index in [-0.39, 0.29) is 12.1 Å². The highest BCUT2D eigenvalue weighted by atomic mass is 16.2. The maximum absolute atomic E-state index is 12.1. The lowest BCUT2D eigenvalue weighted by Gasteiger charge is -2.17. The van der Waals surface area contributed by atoms with E-state index in [4.69, 9.17) is 5.73 Å². The third-order valence-corrected chi connectivity index (χ3v) is 3.62. The van der Waals surface area contributed by atoms with Crippen molar-refractivity contribution < 1.29 is 4.79 Å². The van der Waals surface area contributed by atoms with E-state index in [2.05, 4.69) is 26.0 Å². The number of rotatable bonds is 3. The van der Waals surface area contributed by atoms with Crippen LogP contribution in [0.2, 0.25) is 0 Å². The number of nitrogens with two attached hydrogens (primary N) is 1. The van der Waals surface area contributed by atoms with Crippen molar-refractivity contribution in [2.75, 3.05) is 25.0 Å². The molecule has 1 unspecified atom stereocenters. The number of hydrogen-bond acceptors (Lipinski definition) is 2. The fraction of sp³-hybridized carbons (Fsp3) is 0.500. The molecule has 1 atom stereocenters. The molecule has 1 aromatic rings. The molecule has 2 N–H and O–H groups in total. The van der Waals surface area contributed by atoms with Gasteiger partial charge in [0.2, 0.25) is 0 Å². The predicted octanol–water partition coefficient (Wildman–Crippen LogP) is 2.01. The number of benzene rings is 1. The second kappa shape index (κ2) is 4.98. The van der Waals surface area contributed by atoms with Crippen LogP contribution in [0.15, 0.2) is 24.3 Å². The Balaban J connectivity index is 2.20. The third kappa shape index (κ3) is 2.20. The SMILES string of the molecule is CC(C)c1ccc(N2CC(CN)N(C)C2=O)cc1. The third-order valence-electron chi connectivity index (χ3n) is 3.62. The van der Waals surface area contributed by atoms with Crippen molar-refractivity contribution in [2.45, 2.75) is 25.8 Å². The molecule has 0 bridgehead atoms. The van der Waals surface area contributed by atoms with E-state index < -0.39 is 0 Å². The van der Waals surface area contributed by atoms with Crippen LogP contribution < -0.4 is 10.6 Å². The first-order valence-corrected chi connectivity index (χ1v) is 6.39. The number of carbonyl (C=O) groups excluding carboxylic acids is 1. The highest BCUT2D eigenvalue weighted by Gasteiger charge is 2.34. The molecule has 0 aliphatic carbocycles. The zero-order valence-corrected chi connectivity index (χ0v) is 11.3. The molecule has 0 saturated carbocycles. The second-order valence-corrected chi connectivity index (χ2v) is 5.14. The average Bonchev–Trinajstić information content (AvgIpc) is 2.66. The lowest BCUT2D eigenvalue weighted by molar-refractivity contribution is 0.219. The van der Waals surface area contributed by atoms with Gasteiger partial charge in [-0.05, 0) is 23.6 Å². The highest BCUT2D eigenvalue weighted by Crippen LogP contribution is 2.24. The molecule has 1 aliphatic rings. The van der Waals surface area contributed by atoms with Gasteiger partial charge in [-0.1, -0.05) is 26.0 Å². The zero-order valence-electron chi connectivity index (χ0n) is 11.3. The number of urea groups is 1. The van der Waals surface area contributed by atoms with Crippen LogP contribution in [0.5, 0.6) is 0 Å². The topological polar surface area (TPSA) is 49.6 Å². The second-order valence-electron chi connectivity index (χ2n) is 5.14. The fourth-order valence-electron chi connectivity index (χ4n) is 2.25. The van der Waals surface area contributed by atoms with Crippen LogP contribution in [0.4, 0.5) is 10.5 Å². The van der Waals surface area contributed by atoms with Crippen LogP contribution in [0, 0.1) is 0 Å². The molecular weight excluding hydrogens is 226 g/mol. The van der Waals surface area contributed by atoms with E-state index >= 15 is 0 Å². The average molecular weight is 247 g/mol. The number of hydrogen-bond donors (Lipinski definition) is 1. The summed E-state index contributed by atoms with van der Waals surface area (Å²) in [7, 11) is 1.81. The van der Waals surface area contributed by atoms with Crippen LogP contribution in [-0.4, -0.2) is 37.1 Å². The molecule has 1 aliphatic heterocycles. The standard InChI is InChI=1S/C14H21N3O/c1-10(2)11-4-6-12(7-5-11)17-9-13(8-15)16(3)14(17)18/h4-7,10,13H,8-9,15H2,1-3H3. The number of carbonyl (C=O) groups is 1. The molecule has 0 aromatic heterocycles. The molecule has 1 fully saturated rings. The van der Waals surface area contributed by atoms with Crippen molar-refractivity contribution in [1.29, 1.82) is 0 Å². The first kappa shape index (κ1) is 12.9. The van der Waals surface area contributed by atoms with Crippen LogP contribution in [-0.2, 0) is 0 Å². The number of nitrogens with zero attached hydrogens (tertiary/aromatic N) is 2.